The average molecular weight is 539 g/mol. The minimum absolute atomic E-state index is 0. The van der Waals surface area contributed by atoms with E-state index in [4.69, 9.17) is 5.73 Å². The summed E-state index contributed by atoms with van der Waals surface area (Å²) in [6.45, 7) is 2.96. The third-order valence-electron chi connectivity index (χ3n) is 6.04. The van der Waals surface area contributed by atoms with Gasteiger partial charge in [-0.05, 0) is 80.4 Å². The van der Waals surface area contributed by atoms with Crippen LogP contribution in [-0.4, -0.2) is 39.3 Å². The zero-order chi connectivity index (χ0) is 23.1. The lowest BCUT2D eigenvalue weighted by atomic mass is 9.92. The zero-order valence-corrected chi connectivity index (χ0v) is 21.8. The van der Waals surface area contributed by atoms with Crippen LogP contribution in [0.3, 0.4) is 0 Å². The molecule has 0 radical (unpaired) electrons. The maximum Gasteiger partial charge on any atom is 0.211 e. The lowest BCUT2D eigenvalue weighted by molar-refractivity contribution is 0.492. The molecule has 2 atom stereocenters. The van der Waals surface area contributed by atoms with Crippen LogP contribution in [-0.2, 0) is 22.9 Å². The van der Waals surface area contributed by atoms with Gasteiger partial charge in [0, 0.05) is 18.2 Å². The second-order valence-corrected chi connectivity index (χ2v) is 10.4. The molecular formula is C24H35Cl2F2N3O2S. The van der Waals surface area contributed by atoms with Crippen molar-refractivity contribution in [2.45, 2.75) is 57.5 Å². The van der Waals surface area contributed by atoms with Crippen molar-refractivity contribution >= 4 is 34.8 Å². The molecule has 0 amide bonds. The van der Waals surface area contributed by atoms with E-state index < -0.39 is 21.7 Å². The Bertz CT molecular complexity index is 1030. The summed E-state index contributed by atoms with van der Waals surface area (Å²) in [6, 6.07) is 9.78. The fourth-order valence-corrected chi connectivity index (χ4v) is 5.20. The minimum Gasteiger partial charge on any atom is -0.330 e. The lowest BCUT2D eigenvalue weighted by Gasteiger charge is -2.21. The predicted octanol–water partition coefficient (Wildman–Crippen LogP) is 4.36. The van der Waals surface area contributed by atoms with Gasteiger partial charge in [-0.3, -0.25) is 0 Å². The Hall–Kier alpha value is -1.29. The molecule has 5 nitrogen and oxygen atoms in total. The number of benzene rings is 2. The first-order valence-corrected chi connectivity index (χ1v) is 13.0. The van der Waals surface area contributed by atoms with E-state index in [1.165, 1.54) is 6.07 Å². The van der Waals surface area contributed by atoms with Crippen LogP contribution in [0.5, 0.6) is 0 Å². The third kappa shape index (κ3) is 8.43. The van der Waals surface area contributed by atoms with Crippen LogP contribution in [0.4, 0.5) is 8.78 Å². The Kier molecular flexibility index (Phi) is 12.9. The Morgan fingerprint density at radius 3 is 2.59 bits per heavy atom. The predicted molar refractivity (Wildman–Crippen MR) is 139 cm³/mol. The Morgan fingerprint density at radius 2 is 1.88 bits per heavy atom. The molecular weight excluding hydrogens is 503 g/mol. The second kappa shape index (κ2) is 14.3. The molecule has 0 aliphatic carbocycles. The molecule has 1 heterocycles. The van der Waals surface area contributed by atoms with Gasteiger partial charge in [-0.1, -0.05) is 30.7 Å². The number of nitrogens with two attached hydrogens (primary N) is 1. The third-order valence-corrected chi connectivity index (χ3v) is 7.47. The van der Waals surface area contributed by atoms with Crippen LogP contribution in [0.25, 0.3) is 11.1 Å². The number of hydrogen-bond donors (Lipinski definition) is 3. The van der Waals surface area contributed by atoms with Crippen molar-refractivity contribution in [2.24, 2.45) is 5.73 Å². The van der Waals surface area contributed by atoms with Crippen LogP contribution in [0.15, 0.2) is 36.4 Å². The van der Waals surface area contributed by atoms with E-state index in [1.54, 1.807) is 6.92 Å². The molecule has 34 heavy (non-hydrogen) atoms. The molecule has 2 unspecified atom stereocenters. The molecule has 1 saturated heterocycles. The topological polar surface area (TPSA) is 84.2 Å². The summed E-state index contributed by atoms with van der Waals surface area (Å²) in [7, 11) is -3.29. The summed E-state index contributed by atoms with van der Waals surface area (Å²) in [5, 5.41) is 3.37. The average Bonchev–Trinajstić information content (AvgIpc) is 3.18. The first kappa shape index (κ1) is 30.7. The molecule has 2 aromatic rings. The van der Waals surface area contributed by atoms with Gasteiger partial charge in [0.05, 0.1) is 5.75 Å². The standard InChI is InChI=1S/C24H33F2N3O2S.2ClH/c1-2-32(30,31)29-23-10-12-28-24(23)14-17-7-6-8-18(13-17)21-15-19(25)16-22(26)20(21)9-4-3-5-11-27;;/h6-8,13,15-16,23-24,28-29H,2-5,9-12,14,27H2,1H3;2*1H. The summed E-state index contributed by atoms with van der Waals surface area (Å²) in [4.78, 5) is 0. The summed E-state index contributed by atoms with van der Waals surface area (Å²) in [6.07, 6.45) is 4.44. The molecule has 3 rings (SSSR count). The first-order valence-electron chi connectivity index (χ1n) is 11.3. The van der Waals surface area contributed by atoms with Gasteiger partial charge in [0.2, 0.25) is 10.0 Å². The normalized spacial score (nSPS) is 17.8. The molecule has 0 spiro atoms. The van der Waals surface area contributed by atoms with Gasteiger partial charge in [0.25, 0.3) is 0 Å². The van der Waals surface area contributed by atoms with E-state index in [2.05, 4.69) is 10.0 Å². The first-order chi connectivity index (χ1) is 15.3. The highest BCUT2D eigenvalue weighted by atomic mass is 35.5. The number of rotatable bonds is 11. The van der Waals surface area contributed by atoms with Crippen LogP contribution in [0, 0.1) is 11.6 Å². The van der Waals surface area contributed by atoms with Crippen LogP contribution < -0.4 is 15.8 Å². The Balaban J connectivity index is 0.00000289. The lowest BCUT2D eigenvalue weighted by Crippen LogP contribution is -2.45. The molecule has 1 aliphatic rings. The smallest absolute Gasteiger partial charge is 0.211 e. The number of unbranched alkanes of at least 4 members (excludes halogenated alkanes) is 2. The van der Waals surface area contributed by atoms with Crippen LogP contribution in [0.1, 0.15) is 43.7 Å². The highest BCUT2D eigenvalue weighted by molar-refractivity contribution is 7.89. The molecule has 10 heteroatoms. The molecule has 0 bridgehead atoms. The van der Waals surface area contributed by atoms with Gasteiger partial charge in [0.15, 0.2) is 0 Å². The number of hydrogen-bond acceptors (Lipinski definition) is 4. The van der Waals surface area contributed by atoms with E-state index in [1.807, 2.05) is 24.3 Å². The maximum absolute atomic E-state index is 14.6. The minimum atomic E-state index is -3.29. The number of halogens is 4. The fraction of sp³-hybridized carbons (Fsp3) is 0.500. The summed E-state index contributed by atoms with van der Waals surface area (Å²) >= 11 is 0. The molecule has 1 fully saturated rings. The van der Waals surface area contributed by atoms with Gasteiger partial charge in [-0.15, -0.1) is 24.8 Å². The van der Waals surface area contributed by atoms with Gasteiger partial charge in [-0.2, -0.15) is 0 Å². The summed E-state index contributed by atoms with van der Waals surface area (Å²) in [5.74, 6) is -1.07. The Labute approximate surface area is 214 Å². The SMILES string of the molecule is CCS(=O)(=O)NC1CCNC1Cc1cccc(-c2cc(F)cc(F)c2CCCCCN)c1.Cl.Cl. The number of sulfonamides is 1. The van der Waals surface area contributed by atoms with E-state index in [0.717, 1.165) is 49.4 Å². The van der Waals surface area contributed by atoms with E-state index in [0.29, 0.717) is 30.5 Å². The number of nitrogens with one attached hydrogen (secondary N) is 2. The van der Waals surface area contributed by atoms with Gasteiger partial charge in [-0.25, -0.2) is 21.9 Å². The van der Waals surface area contributed by atoms with Crippen molar-refractivity contribution in [2.75, 3.05) is 18.8 Å². The van der Waals surface area contributed by atoms with E-state index in [-0.39, 0.29) is 42.7 Å². The van der Waals surface area contributed by atoms with Crippen molar-refractivity contribution in [3.8, 4) is 11.1 Å². The van der Waals surface area contributed by atoms with Crippen molar-refractivity contribution in [3.63, 3.8) is 0 Å². The zero-order valence-electron chi connectivity index (χ0n) is 19.4. The fourth-order valence-electron chi connectivity index (χ4n) is 4.29. The molecule has 4 N–H and O–H groups in total. The summed E-state index contributed by atoms with van der Waals surface area (Å²) in [5.41, 5.74) is 8.39. The van der Waals surface area contributed by atoms with Gasteiger partial charge < -0.3 is 11.1 Å². The van der Waals surface area contributed by atoms with E-state index in [9.17, 15) is 17.2 Å². The monoisotopic (exact) mass is 537 g/mol. The van der Waals surface area contributed by atoms with Gasteiger partial charge in [0.1, 0.15) is 11.6 Å². The van der Waals surface area contributed by atoms with E-state index >= 15 is 0 Å². The van der Waals surface area contributed by atoms with Crippen LogP contribution in [0.2, 0.25) is 0 Å². The second-order valence-electron chi connectivity index (χ2n) is 8.39. The largest absolute Gasteiger partial charge is 0.330 e. The molecule has 0 aromatic heterocycles. The van der Waals surface area contributed by atoms with Crippen molar-refractivity contribution in [1.82, 2.24) is 10.0 Å². The van der Waals surface area contributed by atoms with Gasteiger partial charge >= 0.3 is 0 Å². The van der Waals surface area contributed by atoms with Crippen molar-refractivity contribution in [1.29, 1.82) is 0 Å². The molecule has 1 aliphatic heterocycles. The Morgan fingerprint density at radius 1 is 1.12 bits per heavy atom. The molecule has 2 aromatic carbocycles. The highest BCUT2D eigenvalue weighted by Gasteiger charge is 2.30. The highest BCUT2D eigenvalue weighted by Crippen LogP contribution is 2.30. The maximum atomic E-state index is 14.6. The molecule has 192 valence electrons. The van der Waals surface area contributed by atoms with Crippen molar-refractivity contribution < 1.29 is 17.2 Å². The summed E-state index contributed by atoms with van der Waals surface area (Å²) < 4.78 is 55.5. The molecule has 0 saturated carbocycles. The van der Waals surface area contributed by atoms with Crippen LogP contribution >= 0.6 is 24.8 Å². The van der Waals surface area contributed by atoms with Crippen molar-refractivity contribution in [3.05, 3.63) is 59.2 Å². The quantitative estimate of drug-likeness (QED) is 0.372.